The normalized spacial score (nSPS) is 16.9. The number of primary amides is 2. The number of hydrogen-bond acceptors (Lipinski definition) is 16. The standard InChI is InChI=1S/C22H24N6O2S.C14H19N7OS/c1-14-10-19(31-27-14)26-22-20(21(23)30)24-12-18(25-22)28-9-5-6-15(13-28)11-17(29)16-7-3-2-4-8-16;1-8-5-11(23-20-8)19-14-12(13(16)22)17-6-10(18-14)21-4-2-3-9(15)7-21/h2-4,7-8,10,12,15H,5-6,9,11,13H2,1H3,(H2,23,30)(H,25,26);5-6,9H,2-4,7,15H2,1H3,(H2,16,22)(H,18,19)/t15-;9-/m01/s1. The van der Waals surface area contributed by atoms with Crippen molar-refractivity contribution < 1.29 is 14.4 Å². The predicted molar refractivity (Wildman–Crippen MR) is 211 cm³/mol. The zero-order chi connectivity index (χ0) is 38.2. The Labute approximate surface area is 320 Å². The van der Waals surface area contributed by atoms with Gasteiger partial charge in [0.05, 0.1) is 23.8 Å². The number of nitrogens with zero attached hydrogens (tertiary/aromatic N) is 8. The van der Waals surface area contributed by atoms with Crippen LogP contribution in [0.25, 0.3) is 0 Å². The molecule has 2 amide bonds. The van der Waals surface area contributed by atoms with E-state index in [2.05, 4.69) is 49.1 Å². The van der Waals surface area contributed by atoms with Gasteiger partial charge in [0.1, 0.15) is 21.6 Å². The van der Waals surface area contributed by atoms with Gasteiger partial charge in [0.2, 0.25) is 0 Å². The van der Waals surface area contributed by atoms with Gasteiger partial charge in [-0.05, 0) is 80.6 Å². The Morgan fingerprint density at radius 1 is 0.778 bits per heavy atom. The summed E-state index contributed by atoms with van der Waals surface area (Å²) < 4.78 is 8.43. The lowest BCUT2D eigenvalue weighted by molar-refractivity contribution is 0.0953. The second-order valence-corrected chi connectivity index (χ2v) is 14.9. The number of Topliss-reactive ketones (excluding diaryl/α,β-unsaturated/α-hetero) is 1. The van der Waals surface area contributed by atoms with Crippen LogP contribution in [0.5, 0.6) is 0 Å². The molecule has 0 aliphatic carbocycles. The Balaban J connectivity index is 0.000000193. The highest BCUT2D eigenvalue weighted by Gasteiger charge is 2.26. The molecule has 0 radical (unpaired) electrons. The van der Waals surface area contributed by atoms with Gasteiger partial charge in [-0.1, -0.05) is 30.3 Å². The first kappa shape index (κ1) is 38.1. The van der Waals surface area contributed by atoms with Crippen molar-refractivity contribution in [2.45, 2.75) is 52.0 Å². The van der Waals surface area contributed by atoms with Gasteiger partial charge in [-0.15, -0.1) is 0 Å². The average Bonchev–Trinajstić information content (AvgIpc) is 3.78. The van der Waals surface area contributed by atoms with E-state index in [1.807, 2.05) is 56.3 Å². The highest BCUT2D eigenvalue weighted by Crippen LogP contribution is 2.29. The summed E-state index contributed by atoms with van der Waals surface area (Å²) in [6, 6.07) is 13.3. The minimum Gasteiger partial charge on any atom is -0.364 e. The molecule has 6 heterocycles. The molecule has 7 rings (SSSR count). The fraction of sp³-hybridized carbons (Fsp3) is 0.361. The van der Waals surface area contributed by atoms with E-state index < -0.39 is 11.8 Å². The lowest BCUT2D eigenvalue weighted by Gasteiger charge is -2.33. The second-order valence-electron chi connectivity index (χ2n) is 13.3. The van der Waals surface area contributed by atoms with E-state index in [1.54, 1.807) is 12.4 Å². The van der Waals surface area contributed by atoms with Crippen LogP contribution in [-0.2, 0) is 0 Å². The molecule has 2 saturated heterocycles. The maximum atomic E-state index is 12.6. The Hall–Kier alpha value is -5.59. The largest absolute Gasteiger partial charge is 0.364 e. The molecule has 54 heavy (non-hydrogen) atoms. The van der Waals surface area contributed by atoms with E-state index in [9.17, 15) is 14.4 Å². The average molecular weight is 770 g/mol. The first-order valence-electron chi connectivity index (χ1n) is 17.6. The van der Waals surface area contributed by atoms with Crippen LogP contribution in [0.4, 0.5) is 33.3 Å². The first-order chi connectivity index (χ1) is 26.0. The zero-order valence-electron chi connectivity index (χ0n) is 30.1. The Morgan fingerprint density at radius 3 is 1.78 bits per heavy atom. The highest BCUT2D eigenvalue weighted by atomic mass is 32.1. The molecule has 16 nitrogen and oxygen atoms in total. The molecule has 4 aromatic heterocycles. The third-order valence-corrected chi connectivity index (χ3v) is 10.5. The van der Waals surface area contributed by atoms with Crippen LogP contribution >= 0.6 is 23.1 Å². The maximum absolute atomic E-state index is 12.6. The van der Waals surface area contributed by atoms with E-state index in [-0.39, 0.29) is 29.1 Å². The second kappa shape index (κ2) is 17.5. The summed E-state index contributed by atoms with van der Waals surface area (Å²) in [4.78, 5) is 57.9. The number of rotatable bonds is 11. The molecule has 2 fully saturated rings. The molecule has 18 heteroatoms. The van der Waals surface area contributed by atoms with Crippen molar-refractivity contribution in [3.63, 3.8) is 0 Å². The molecule has 282 valence electrons. The summed E-state index contributed by atoms with van der Waals surface area (Å²) >= 11 is 2.57. The van der Waals surface area contributed by atoms with Crippen LogP contribution in [0, 0.1) is 19.8 Å². The zero-order valence-corrected chi connectivity index (χ0v) is 31.7. The van der Waals surface area contributed by atoms with E-state index in [0.29, 0.717) is 36.2 Å². The Bertz CT molecular complexity index is 2090. The minimum atomic E-state index is -0.646. The molecule has 2 atom stereocenters. The van der Waals surface area contributed by atoms with Gasteiger partial charge in [0, 0.05) is 44.2 Å². The summed E-state index contributed by atoms with van der Waals surface area (Å²) in [6.07, 6.45) is 7.62. The van der Waals surface area contributed by atoms with Gasteiger partial charge in [0.15, 0.2) is 28.8 Å². The summed E-state index contributed by atoms with van der Waals surface area (Å²) in [7, 11) is 0. The van der Waals surface area contributed by atoms with Gasteiger partial charge in [-0.3, -0.25) is 14.4 Å². The summed E-state index contributed by atoms with van der Waals surface area (Å²) in [6.45, 7) is 6.92. The number of ketones is 1. The quantitative estimate of drug-likeness (QED) is 0.116. The SMILES string of the molecule is Cc1cc(Nc2nc(N3CCC[C@@H](CC(=O)c4ccccc4)C3)cnc2C(N)=O)sn1.Cc1cc(Nc2nc(N3CCC[C@@H](N)C3)cnc2C(N)=O)sn1. The number of nitrogens with one attached hydrogen (secondary N) is 2. The smallest absolute Gasteiger partial charge is 0.271 e. The summed E-state index contributed by atoms with van der Waals surface area (Å²) in [5.41, 5.74) is 19.6. The topological polar surface area (TPSA) is 237 Å². The van der Waals surface area contributed by atoms with E-state index in [1.165, 1.54) is 23.1 Å². The number of benzene rings is 1. The fourth-order valence-electron chi connectivity index (χ4n) is 6.34. The van der Waals surface area contributed by atoms with Gasteiger partial charge < -0.3 is 37.6 Å². The maximum Gasteiger partial charge on any atom is 0.271 e. The summed E-state index contributed by atoms with van der Waals surface area (Å²) in [5, 5.41) is 7.75. The molecule has 1 aromatic carbocycles. The van der Waals surface area contributed by atoms with Crippen LogP contribution < -0.4 is 37.6 Å². The van der Waals surface area contributed by atoms with E-state index >= 15 is 0 Å². The van der Waals surface area contributed by atoms with Crippen molar-refractivity contribution in [1.29, 1.82) is 0 Å². The third-order valence-electron chi connectivity index (χ3n) is 8.92. The molecule has 0 bridgehead atoms. The van der Waals surface area contributed by atoms with Crippen LogP contribution in [-0.4, -0.2) is 78.5 Å². The lowest BCUT2D eigenvalue weighted by atomic mass is 9.91. The molecule has 2 aliphatic heterocycles. The Morgan fingerprint density at radius 2 is 1.30 bits per heavy atom. The number of piperidine rings is 2. The van der Waals surface area contributed by atoms with Crippen molar-refractivity contribution >= 4 is 73.9 Å². The first-order valence-corrected chi connectivity index (χ1v) is 19.1. The summed E-state index contributed by atoms with van der Waals surface area (Å²) in [5.74, 6) is 1.13. The lowest BCUT2D eigenvalue weighted by Crippen LogP contribution is -2.43. The van der Waals surface area contributed by atoms with Crippen molar-refractivity contribution in [2.24, 2.45) is 23.1 Å². The van der Waals surface area contributed by atoms with Crippen LogP contribution in [0.2, 0.25) is 0 Å². The van der Waals surface area contributed by atoms with E-state index in [0.717, 1.165) is 72.3 Å². The van der Waals surface area contributed by atoms with Crippen LogP contribution in [0.15, 0.2) is 54.9 Å². The molecule has 5 aromatic rings. The Kier molecular flexibility index (Phi) is 12.4. The molecule has 2 aliphatic rings. The van der Waals surface area contributed by atoms with Crippen molar-refractivity contribution in [3.8, 4) is 0 Å². The van der Waals surface area contributed by atoms with Crippen LogP contribution in [0.3, 0.4) is 0 Å². The fourth-order valence-corrected chi connectivity index (χ4v) is 7.66. The number of anilines is 6. The van der Waals surface area contributed by atoms with Crippen molar-refractivity contribution in [3.05, 3.63) is 83.2 Å². The number of aromatic nitrogens is 6. The third kappa shape index (κ3) is 9.88. The minimum absolute atomic E-state index is 0.0858. The van der Waals surface area contributed by atoms with Gasteiger partial charge in [-0.2, -0.15) is 8.75 Å². The molecular weight excluding hydrogens is 727 g/mol. The number of carbonyl (C=O) groups excluding carboxylic acids is 3. The molecule has 0 spiro atoms. The number of nitrogens with two attached hydrogens (primary N) is 3. The number of hydrogen-bond donors (Lipinski definition) is 5. The number of aryl methyl sites for hydroxylation is 2. The molecule has 0 saturated carbocycles. The molecular formula is C36H43N13O3S2. The van der Waals surface area contributed by atoms with Gasteiger partial charge in [0.25, 0.3) is 11.8 Å². The highest BCUT2D eigenvalue weighted by molar-refractivity contribution is 7.10. The van der Waals surface area contributed by atoms with Crippen molar-refractivity contribution in [2.75, 3.05) is 46.6 Å². The number of carbonyl (C=O) groups is 3. The van der Waals surface area contributed by atoms with E-state index in [4.69, 9.17) is 17.2 Å². The molecule has 0 unspecified atom stereocenters. The monoisotopic (exact) mass is 769 g/mol. The van der Waals surface area contributed by atoms with Gasteiger partial charge >= 0.3 is 0 Å². The van der Waals surface area contributed by atoms with Crippen molar-refractivity contribution in [1.82, 2.24) is 28.7 Å². The van der Waals surface area contributed by atoms with Gasteiger partial charge in [-0.25, -0.2) is 19.9 Å². The predicted octanol–water partition coefficient (Wildman–Crippen LogP) is 4.58. The molecule has 8 N–H and O–H groups in total. The van der Waals surface area contributed by atoms with Crippen LogP contribution in [0.1, 0.15) is 74.8 Å². The number of amides is 2.